The summed E-state index contributed by atoms with van der Waals surface area (Å²) >= 11 is 0. The van der Waals surface area contributed by atoms with Crippen molar-refractivity contribution in [2.75, 3.05) is 27.2 Å². The maximum absolute atomic E-state index is 12.3. The summed E-state index contributed by atoms with van der Waals surface area (Å²) in [6.07, 6.45) is 5.80. The Morgan fingerprint density at radius 2 is 1.84 bits per heavy atom. The molecule has 2 atom stereocenters. The number of rotatable bonds is 6. The van der Waals surface area contributed by atoms with E-state index in [4.69, 9.17) is 4.74 Å². The maximum atomic E-state index is 12.3. The SMILES string of the molecule is CNC(=O)CN(C)C(=O)COC(=O)CC12C[C@@H]3C[C@H](CC(O)(C3)C1)C2. The number of aliphatic hydroxyl groups is 1. The summed E-state index contributed by atoms with van der Waals surface area (Å²) in [5.41, 5.74) is -0.763. The maximum Gasteiger partial charge on any atom is 0.306 e. The summed E-state index contributed by atoms with van der Waals surface area (Å²) in [6.45, 7) is -0.410. The predicted octanol–water partition coefficient (Wildman–Crippen LogP) is 0.455. The Morgan fingerprint density at radius 1 is 1.20 bits per heavy atom. The second-order valence-corrected chi connectivity index (χ2v) is 8.45. The van der Waals surface area contributed by atoms with Crippen LogP contribution in [0.15, 0.2) is 0 Å². The monoisotopic (exact) mass is 352 g/mol. The first-order chi connectivity index (χ1) is 11.7. The molecule has 0 radical (unpaired) electrons. The van der Waals surface area contributed by atoms with Crippen molar-refractivity contribution < 1.29 is 24.2 Å². The molecule has 4 aliphatic carbocycles. The normalized spacial score (nSPS) is 35.3. The van der Waals surface area contributed by atoms with Gasteiger partial charge in [0, 0.05) is 14.1 Å². The van der Waals surface area contributed by atoms with E-state index in [1.165, 1.54) is 25.4 Å². The molecule has 2 amide bonds. The number of carbonyl (C=O) groups excluding carboxylic acids is 3. The zero-order valence-corrected chi connectivity index (χ0v) is 15.0. The number of hydrogen-bond donors (Lipinski definition) is 2. The first kappa shape index (κ1) is 18.2. The molecular formula is C18H28N2O5. The summed E-state index contributed by atoms with van der Waals surface area (Å²) in [5, 5.41) is 13.2. The topological polar surface area (TPSA) is 95.9 Å². The number of nitrogens with zero attached hydrogens (tertiary/aromatic N) is 1. The van der Waals surface area contributed by atoms with Crippen LogP contribution in [0, 0.1) is 17.3 Å². The molecule has 0 aromatic carbocycles. The summed E-state index contributed by atoms with van der Waals surface area (Å²) in [6, 6.07) is 0. The Bertz CT molecular complexity index is 562. The van der Waals surface area contributed by atoms with Crippen LogP contribution in [0.4, 0.5) is 0 Å². The Kier molecular flexibility index (Phi) is 4.79. The second-order valence-electron chi connectivity index (χ2n) is 8.45. The van der Waals surface area contributed by atoms with Crippen molar-refractivity contribution in [3.8, 4) is 0 Å². The average Bonchev–Trinajstić information content (AvgIpc) is 2.49. The molecular weight excluding hydrogens is 324 g/mol. The predicted molar refractivity (Wildman–Crippen MR) is 89.3 cm³/mol. The fourth-order valence-electron chi connectivity index (χ4n) is 5.60. The Balaban J connectivity index is 1.50. The number of nitrogens with one attached hydrogen (secondary N) is 1. The van der Waals surface area contributed by atoms with Gasteiger partial charge < -0.3 is 20.1 Å². The minimum absolute atomic E-state index is 0.0623. The van der Waals surface area contributed by atoms with Crippen molar-refractivity contribution in [1.82, 2.24) is 10.2 Å². The molecule has 4 saturated carbocycles. The summed E-state index contributed by atoms with van der Waals surface area (Å²) in [5.74, 6) is -0.0314. The van der Waals surface area contributed by atoms with Gasteiger partial charge in [0.2, 0.25) is 5.91 Å². The van der Waals surface area contributed by atoms with E-state index in [0.29, 0.717) is 18.3 Å². The minimum atomic E-state index is -0.603. The number of amides is 2. The van der Waals surface area contributed by atoms with Crippen LogP contribution in [0.25, 0.3) is 0 Å². The summed E-state index contributed by atoms with van der Waals surface area (Å²) in [4.78, 5) is 36.7. The van der Waals surface area contributed by atoms with Crippen molar-refractivity contribution in [2.45, 2.75) is 50.5 Å². The lowest BCUT2D eigenvalue weighted by Crippen LogP contribution is -2.56. The highest BCUT2D eigenvalue weighted by atomic mass is 16.5. The van der Waals surface area contributed by atoms with Gasteiger partial charge in [-0.2, -0.15) is 0 Å². The highest BCUT2D eigenvalue weighted by Gasteiger charge is 2.57. The van der Waals surface area contributed by atoms with Gasteiger partial charge in [-0.05, 0) is 55.8 Å². The smallest absolute Gasteiger partial charge is 0.306 e. The van der Waals surface area contributed by atoms with Gasteiger partial charge in [0.05, 0.1) is 18.6 Å². The molecule has 0 heterocycles. The third-order valence-electron chi connectivity index (χ3n) is 6.11. The third kappa shape index (κ3) is 3.97. The highest BCUT2D eigenvalue weighted by Crippen LogP contribution is 2.62. The summed E-state index contributed by atoms with van der Waals surface area (Å²) < 4.78 is 5.17. The molecule has 0 aromatic rings. The Hall–Kier alpha value is -1.63. The standard InChI is InChI=1S/C18H28N2O5/c1-19-14(21)9-20(2)15(22)10-25-16(23)8-17-4-12-3-13(5-17)7-18(24,6-12)11-17/h12-13,24H,3-11H2,1-2H3,(H,19,21)/t12-,13-,17?,18?/m0/s1. The van der Waals surface area contributed by atoms with Gasteiger partial charge in [0.15, 0.2) is 6.61 Å². The van der Waals surface area contributed by atoms with Crippen LogP contribution in [0.1, 0.15) is 44.9 Å². The first-order valence-electron chi connectivity index (χ1n) is 9.05. The Labute approximate surface area is 148 Å². The second kappa shape index (κ2) is 6.59. The van der Waals surface area contributed by atoms with Gasteiger partial charge in [-0.3, -0.25) is 14.4 Å². The summed E-state index contributed by atoms with van der Waals surface area (Å²) in [7, 11) is 3.00. The van der Waals surface area contributed by atoms with Crippen molar-refractivity contribution in [3.05, 3.63) is 0 Å². The Morgan fingerprint density at radius 3 is 2.40 bits per heavy atom. The molecule has 0 saturated heterocycles. The number of carbonyl (C=O) groups is 3. The molecule has 7 heteroatoms. The van der Waals surface area contributed by atoms with Gasteiger partial charge in [-0.25, -0.2) is 0 Å². The number of likely N-dealkylation sites (N-methyl/N-ethyl adjacent to an activating group) is 2. The van der Waals surface area contributed by atoms with E-state index in [-0.39, 0.29) is 36.9 Å². The van der Waals surface area contributed by atoms with Crippen molar-refractivity contribution in [2.24, 2.45) is 17.3 Å². The number of ether oxygens (including phenoxy) is 1. The molecule has 2 N–H and O–H groups in total. The molecule has 4 rings (SSSR count). The zero-order chi connectivity index (χ0) is 18.2. The van der Waals surface area contributed by atoms with Gasteiger partial charge in [0.25, 0.3) is 5.91 Å². The van der Waals surface area contributed by atoms with E-state index in [1.54, 1.807) is 0 Å². The molecule has 25 heavy (non-hydrogen) atoms. The molecule has 0 aliphatic heterocycles. The van der Waals surface area contributed by atoms with Crippen LogP contribution < -0.4 is 5.32 Å². The van der Waals surface area contributed by atoms with Crippen LogP contribution in [-0.4, -0.2) is 60.6 Å². The quantitative estimate of drug-likeness (QED) is 0.677. The van der Waals surface area contributed by atoms with Crippen LogP contribution >= 0.6 is 0 Å². The van der Waals surface area contributed by atoms with Crippen molar-refractivity contribution in [1.29, 1.82) is 0 Å². The van der Waals surface area contributed by atoms with E-state index in [9.17, 15) is 19.5 Å². The largest absolute Gasteiger partial charge is 0.456 e. The third-order valence-corrected chi connectivity index (χ3v) is 6.11. The molecule has 140 valence electrons. The fourth-order valence-corrected chi connectivity index (χ4v) is 5.60. The fraction of sp³-hybridized carbons (Fsp3) is 0.833. The molecule has 0 unspecified atom stereocenters. The van der Waals surface area contributed by atoms with Gasteiger partial charge in [-0.1, -0.05) is 0 Å². The minimum Gasteiger partial charge on any atom is -0.456 e. The van der Waals surface area contributed by atoms with Crippen LogP contribution in [0.2, 0.25) is 0 Å². The average molecular weight is 352 g/mol. The molecule has 4 aliphatic rings. The molecule has 4 fully saturated rings. The number of esters is 1. The van der Waals surface area contributed by atoms with Gasteiger partial charge >= 0.3 is 5.97 Å². The van der Waals surface area contributed by atoms with Crippen LogP contribution in [0.3, 0.4) is 0 Å². The molecule has 7 nitrogen and oxygen atoms in total. The van der Waals surface area contributed by atoms with Crippen molar-refractivity contribution in [3.63, 3.8) is 0 Å². The highest BCUT2D eigenvalue weighted by molar-refractivity contribution is 5.86. The van der Waals surface area contributed by atoms with Gasteiger partial charge in [-0.15, -0.1) is 0 Å². The van der Waals surface area contributed by atoms with E-state index >= 15 is 0 Å². The van der Waals surface area contributed by atoms with Crippen LogP contribution in [-0.2, 0) is 19.1 Å². The lowest BCUT2D eigenvalue weighted by molar-refractivity contribution is -0.178. The molecule has 0 spiro atoms. The lowest BCUT2D eigenvalue weighted by atomic mass is 9.47. The lowest BCUT2D eigenvalue weighted by Gasteiger charge is -2.60. The molecule has 4 bridgehead atoms. The molecule has 0 aromatic heterocycles. The van der Waals surface area contributed by atoms with Gasteiger partial charge in [0.1, 0.15) is 0 Å². The van der Waals surface area contributed by atoms with Crippen molar-refractivity contribution >= 4 is 17.8 Å². The number of hydrogen-bond acceptors (Lipinski definition) is 5. The zero-order valence-electron chi connectivity index (χ0n) is 15.0. The van der Waals surface area contributed by atoms with E-state index in [0.717, 1.165) is 25.7 Å². The first-order valence-corrected chi connectivity index (χ1v) is 9.05. The van der Waals surface area contributed by atoms with E-state index in [2.05, 4.69) is 5.32 Å². The van der Waals surface area contributed by atoms with E-state index < -0.39 is 11.5 Å². The van der Waals surface area contributed by atoms with E-state index in [1.807, 2.05) is 0 Å². The van der Waals surface area contributed by atoms with Crippen LogP contribution in [0.5, 0.6) is 0 Å².